The van der Waals surface area contributed by atoms with Gasteiger partial charge < -0.3 is 0 Å². The SMILES string of the molecule is Cc1ccc(-n2[c]cc(C3(CF)CC3)n2)cc1. The third kappa shape index (κ3) is 1.75. The standard InChI is InChI=1S/C14H14FN2/c1-11-2-4-12(5-3-11)17-9-6-13(16-17)14(10-15)7-8-14/h2-6H,7-8,10H2,1H3. The first-order valence-corrected chi connectivity index (χ1v) is 5.85. The van der Waals surface area contributed by atoms with Crippen molar-refractivity contribution in [3.63, 3.8) is 0 Å². The van der Waals surface area contributed by atoms with Crippen LogP contribution in [0.2, 0.25) is 0 Å². The first-order valence-electron chi connectivity index (χ1n) is 5.85. The number of rotatable bonds is 3. The Labute approximate surface area is 100 Å². The van der Waals surface area contributed by atoms with Crippen LogP contribution in [0.5, 0.6) is 0 Å². The third-order valence-corrected chi connectivity index (χ3v) is 3.46. The Kier molecular flexibility index (Phi) is 2.28. The van der Waals surface area contributed by atoms with Gasteiger partial charge >= 0.3 is 0 Å². The highest BCUT2D eigenvalue weighted by atomic mass is 19.1. The Balaban J connectivity index is 1.92. The second-order valence-electron chi connectivity index (χ2n) is 4.82. The average Bonchev–Trinajstić information content (AvgIpc) is 3.00. The van der Waals surface area contributed by atoms with Crippen molar-refractivity contribution in [2.45, 2.75) is 25.2 Å². The molecule has 0 atom stereocenters. The third-order valence-electron chi connectivity index (χ3n) is 3.46. The van der Waals surface area contributed by atoms with Crippen molar-refractivity contribution in [2.24, 2.45) is 0 Å². The maximum atomic E-state index is 12.9. The summed E-state index contributed by atoms with van der Waals surface area (Å²) in [6, 6.07) is 9.88. The lowest BCUT2D eigenvalue weighted by molar-refractivity contribution is 0.410. The number of aryl methyl sites for hydroxylation is 1. The summed E-state index contributed by atoms with van der Waals surface area (Å²) in [4.78, 5) is 0. The van der Waals surface area contributed by atoms with Gasteiger partial charge in [-0.3, -0.25) is 4.39 Å². The molecule has 87 valence electrons. The van der Waals surface area contributed by atoms with Crippen LogP contribution in [0.1, 0.15) is 24.1 Å². The van der Waals surface area contributed by atoms with Gasteiger partial charge in [0.25, 0.3) is 0 Å². The minimum atomic E-state index is -0.314. The Morgan fingerprint density at radius 2 is 2.06 bits per heavy atom. The monoisotopic (exact) mass is 229 g/mol. The molecule has 17 heavy (non-hydrogen) atoms. The zero-order valence-electron chi connectivity index (χ0n) is 9.78. The van der Waals surface area contributed by atoms with Gasteiger partial charge in [0.15, 0.2) is 0 Å². The van der Waals surface area contributed by atoms with Gasteiger partial charge in [-0.05, 0) is 38.0 Å². The van der Waals surface area contributed by atoms with E-state index in [1.165, 1.54) is 5.56 Å². The second kappa shape index (κ2) is 3.69. The first kappa shape index (κ1) is 10.5. The van der Waals surface area contributed by atoms with Crippen LogP contribution in [0.15, 0.2) is 30.3 Å². The summed E-state index contributed by atoms with van der Waals surface area (Å²) in [5.41, 5.74) is 2.72. The van der Waals surface area contributed by atoms with Gasteiger partial charge in [0.1, 0.15) is 6.67 Å². The van der Waals surface area contributed by atoms with E-state index < -0.39 is 0 Å². The molecule has 2 aromatic rings. The van der Waals surface area contributed by atoms with Crippen LogP contribution in [0.3, 0.4) is 0 Å². The lowest BCUT2D eigenvalue weighted by Crippen LogP contribution is -2.10. The molecule has 1 aliphatic carbocycles. The van der Waals surface area contributed by atoms with E-state index in [-0.39, 0.29) is 12.1 Å². The molecule has 1 aliphatic rings. The Morgan fingerprint density at radius 3 is 2.65 bits per heavy atom. The van der Waals surface area contributed by atoms with Crippen LogP contribution in [-0.2, 0) is 5.41 Å². The van der Waals surface area contributed by atoms with Crippen LogP contribution in [-0.4, -0.2) is 16.5 Å². The molecule has 1 saturated carbocycles. The van der Waals surface area contributed by atoms with Crippen molar-refractivity contribution in [2.75, 3.05) is 6.67 Å². The normalized spacial score (nSPS) is 17.1. The number of alkyl halides is 1. The molecule has 0 bridgehead atoms. The number of nitrogens with zero attached hydrogens (tertiary/aromatic N) is 2. The smallest absolute Gasteiger partial charge is 0.101 e. The van der Waals surface area contributed by atoms with Gasteiger partial charge in [-0.1, -0.05) is 17.7 Å². The molecule has 0 N–H and O–H groups in total. The summed E-state index contributed by atoms with van der Waals surface area (Å²) in [6.45, 7) is 1.73. The topological polar surface area (TPSA) is 17.8 Å². The summed E-state index contributed by atoms with van der Waals surface area (Å²) in [5, 5.41) is 4.44. The van der Waals surface area contributed by atoms with E-state index in [0.717, 1.165) is 24.2 Å². The van der Waals surface area contributed by atoms with Crippen molar-refractivity contribution in [1.82, 2.24) is 9.78 Å². The minimum absolute atomic E-state index is 0.299. The molecule has 0 amide bonds. The second-order valence-corrected chi connectivity index (χ2v) is 4.82. The Hall–Kier alpha value is -1.64. The van der Waals surface area contributed by atoms with Crippen LogP contribution in [0.4, 0.5) is 4.39 Å². The van der Waals surface area contributed by atoms with Crippen molar-refractivity contribution in [1.29, 1.82) is 0 Å². The van der Waals surface area contributed by atoms with Gasteiger partial charge in [0.2, 0.25) is 0 Å². The van der Waals surface area contributed by atoms with E-state index in [1.54, 1.807) is 4.68 Å². The van der Waals surface area contributed by atoms with Crippen molar-refractivity contribution in [3.8, 4) is 5.69 Å². The highest BCUT2D eigenvalue weighted by Gasteiger charge is 2.46. The zero-order valence-corrected chi connectivity index (χ0v) is 9.78. The van der Waals surface area contributed by atoms with Gasteiger partial charge in [-0.2, -0.15) is 5.10 Å². The summed E-state index contributed by atoms with van der Waals surface area (Å²) in [5.74, 6) is 0. The molecule has 1 radical (unpaired) electrons. The molecule has 3 rings (SSSR count). The molecule has 2 nitrogen and oxygen atoms in total. The fourth-order valence-electron chi connectivity index (χ4n) is 1.97. The lowest BCUT2D eigenvalue weighted by Gasteiger charge is -2.06. The van der Waals surface area contributed by atoms with E-state index in [2.05, 4.69) is 11.3 Å². The van der Waals surface area contributed by atoms with Crippen LogP contribution >= 0.6 is 0 Å². The molecule has 0 saturated heterocycles. The van der Waals surface area contributed by atoms with Crippen molar-refractivity contribution in [3.05, 3.63) is 47.8 Å². The first-order chi connectivity index (χ1) is 8.23. The van der Waals surface area contributed by atoms with Gasteiger partial charge in [0, 0.05) is 5.41 Å². The van der Waals surface area contributed by atoms with Crippen molar-refractivity contribution < 1.29 is 4.39 Å². The highest BCUT2D eigenvalue weighted by Crippen LogP contribution is 2.47. The van der Waals surface area contributed by atoms with Crippen LogP contribution in [0, 0.1) is 13.1 Å². The van der Waals surface area contributed by atoms with E-state index in [9.17, 15) is 4.39 Å². The molecule has 1 heterocycles. The maximum absolute atomic E-state index is 12.9. The minimum Gasteiger partial charge on any atom is -0.250 e. The molecule has 0 spiro atoms. The quantitative estimate of drug-likeness (QED) is 0.791. The van der Waals surface area contributed by atoms with E-state index >= 15 is 0 Å². The lowest BCUT2D eigenvalue weighted by atomic mass is 10.1. The van der Waals surface area contributed by atoms with Gasteiger partial charge in [-0.15, -0.1) is 0 Å². The van der Waals surface area contributed by atoms with Crippen LogP contribution < -0.4 is 0 Å². The van der Waals surface area contributed by atoms with Crippen LogP contribution in [0.25, 0.3) is 5.69 Å². The molecule has 0 unspecified atom stereocenters. The number of benzene rings is 1. The fraction of sp³-hybridized carbons (Fsp3) is 0.357. The van der Waals surface area contributed by atoms with Crippen molar-refractivity contribution >= 4 is 0 Å². The maximum Gasteiger partial charge on any atom is 0.101 e. The molecular weight excluding hydrogens is 215 g/mol. The summed E-state index contributed by atoms with van der Waals surface area (Å²) in [6.07, 6.45) is 4.87. The van der Waals surface area contributed by atoms with E-state index in [0.29, 0.717) is 0 Å². The largest absolute Gasteiger partial charge is 0.250 e. The molecule has 0 aliphatic heterocycles. The number of hydrogen-bond donors (Lipinski definition) is 0. The Morgan fingerprint density at radius 1 is 1.35 bits per heavy atom. The molecule has 1 aromatic carbocycles. The van der Waals surface area contributed by atoms with Gasteiger partial charge in [0.05, 0.1) is 17.6 Å². The van der Waals surface area contributed by atoms with Gasteiger partial charge in [-0.25, -0.2) is 4.68 Å². The molecule has 1 fully saturated rings. The number of aromatic nitrogens is 2. The highest BCUT2D eigenvalue weighted by molar-refractivity contribution is 5.34. The molecule has 3 heteroatoms. The fourth-order valence-corrected chi connectivity index (χ4v) is 1.97. The zero-order chi connectivity index (χ0) is 11.9. The number of halogens is 1. The number of hydrogen-bond acceptors (Lipinski definition) is 1. The average molecular weight is 229 g/mol. The predicted octanol–water partition coefficient (Wildman–Crippen LogP) is 2.98. The van der Waals surface area contributed by atoms with E-state index in [4.69, 9.17) is 0 Å². The summed E-state index contributed by atoms with van der Waals surface area (Å²) < 4.78 is 14.6. The molecular formula is C14H14FN2. The van der Waals surface area contributed by atoms with E-state index in [1.807, 2.05) is 37.3 Å². The summed E-state index contributed by atoms with van der Waals surface area (Å²) in [7, 11) is 0. The summed E-state index contributed by atoms with van der Waals surface area (Å²) >= 11 is 0. The predicted molar refractivity (Wildman–Crippen MR) is 64.0 cm³/mol. The molecule has 1 aromatic heterocycles. The Bertz CT molecular complexity index is 523.